The van der Waals surface area contributed by atoms with Gasteiger partial charge in [0.05, 0.1) is 5.69 Å². The van der Waals surface area contributed by atoms with Crippen LogP contribution in [0.5, 0.6) is 0 Å². The molecule has 0 radical (unpaired) electrons. The topological polar surface area (TPSA) is 30.0 Å². The molecule has 2 rings (SSSR count). The van der Waals surface area contributed by atoms with Crippen molar-refractivity contribution >= 4 is 6.79 Å². The van der Waals surface area contributed by atoms with Gasteiger partial charge in [-0.2, -0.15) is 0 Å². The molecule has 2 nitrogen and oxygen atoms in total. The van der Waals surface area contributed by atoms with E-state index in [1.807, 2.05) is 49.4 Å². The molecule has 0 N–H and O–H groups in total. The Morgan fingerprint density at radius 2 is 1.50 bits per heavy atom. The zero-order chi connectivity index (χ0) is 10.2. The van der Waals surface area contributed by atoms with Gasteiger partial charge in [-0.1, -0.05) is 36.4 Å². The van der Waals surface area contributed by atoms with Crippen molar-refractivity contribution in [2.45, 2.75) is 0 Å². The lowest BCUT2D eigenvalue weighted by Crippen LogP contribution is -1.79. The molecule has 70 valence electrons. The summed E-state index contributed by atoms with van der Waals surface area (Å²) in [5.41, 5.74) is 2.19. The lowest BCUT2D eigenvalue weighted by Gasteiger charge is -1.97. The third-order valence-corrected chi connectivity index (χ3v) is 1.73. The number of hydrogen-bond donors (Lipinski definition) is 0. The van der Waals surface area contributed by atoms with Crippen LogP contribution < -0.4 is 0 Å². The second kappa shape index (κ2) is 5.65. The van der Waals surface area contributed by atoms with E-state index in [1.165, 1.54) is 0 Å². The Hall–Kier alpha value is -1.96. The molecule has 0 aliphatic carbocycles. The molecule has 0 saturated carbocycles. The van der Waals surface area contributed by atoms with Crippen LogP contribution in [-0.2, 0) is 4.79 Å². The molecule has 0 amide bonds. The standard InChI is InChI=1S/C11H9N.CH2O/c1-2-6-10(7-3-1)11-8-4-5-9-12-11;1-2/h1-9H;1H2. The van der Waals surface area contributed by atoms with E-state index in [0.29, 0.717) is 0 Å². The van der Waals surface area contributed by atoms with E-state index in [-0.39, 0.29) is 0 Å². The summed E-state index contributed by atoms with van der Waals surface area (Å²) >= 11 is 0. The molecular weight excluding hydrogens is 174 g/mol. The second-order valence-electron chi connectivity index (χ2n) is 2.58. The van der Waals surface area contributed by atoms with Gasteiger partial charge in [-0.15, -0.1) is 0 Å². The fourth-order valence-corrected chi connectivity index (χ4v) is 1.14. The highest BCUT2D eigenvalue weighted by molar-refractivity contribution is 5.58. The smallest absolute Gasteiger partial charge is 0.106 e. The van der Waals surface area contributed by atoms with Crippen LogP contribution in [0.15, 0.2) is 54.7 Å². The maximum absolute atomic E-state index is 8.00. The van der Waals surface area contributed by atoms with Gasteiger partial charge in [-0.05, 0) is 12.1 Å². The molecule has 0 aliphatic heterocycles. The van der Waals surface area contributed by atoms with E-state index in [9.17, 15) is 0 Å². The van der Waals surface area contributed by atoms with E-state index in [0.717, 1.165) is 11.3 Å². The first kappa shape index (κ1) is 10.1. The highest BCUT2D eigenvalue weighted by atomic mass is 16.1. The van der Waals surface area contributed by atoms with Gasteiger partial charge < -0.3 is 4.79 Å². The Balaban J connectivity index is 0.000000461. The predicted molar refractivity (Wildman–Crippen MR) is 56.8 cm³/mol. The predicted octanol–water partition coefficient (Wildman–Crippen LogP) is 2.56. The Morgan fingerprint density at radius 1 is 0.857 bits per heavy atom. The number of hydrogen-bond acceptors (Lipinski definition) is 2. The molecule has 2 heteroatoms. The normalized spacial score (nSPS) is 8.57. The molecule has 0 atom stereocenters. The van der Waals surface area contributed by atoms with E-state index in [1.54, 1.807) is 0 Å². The Labute approximate surface area is 83.2 Å². The molecule has 1 heterocycles. The molecule has 0 unspecified atom stereocenters. The van der Waals surface area contributed by atoms with Crippen LogP contribution in [-0.4, -0.2) is 11.8 Å². The monoisotopic (exact) mass is 185 g/mol. The van der Waals surface area contributed by atoms with Crippen LogP contribution in [0.25, 0.3) is 11.3 Å². The van der Waals surface area contributed by atoms with E-state index in [4.69, 9.17) is 4.79 Å². The fourth-order valence-electron chi connectivity index (χ4n) is 1.14. The lowest BCUT2D eigenvalue weighted by atomic mass is 10.1. The summed E-state index contributed by atoms with van der Waals surface area (Å²) in [6, 6.07) is 16.1. The lowest BCUT2D eigenvalue weighted by molar-refractivity contribution is -0.0979. The summed E-state index contributed by atoms with van der Waals surface area (Å²) in [4.78, 5) is 12.2. The van der Waals surface area contributed by atoms with Crippen molar-refractivity contribution in [2.75, 3.05) is 0 Å². The third kappa shape index (κ3) is 2.52. The summed E-state index contributed by atoms with van der Waals surface area (Å²) in [5.74, 6) is 0. The van der Waals surface area contributed by atoms with Gasteiger partial charge in [0.1, 0.15) is 6.79 Å². The Morgan fingerprint density at radius 3 is 2.07 bits per heavy atom. The second-order valence-corrected chi connectivity index (χ2v) is 2.58. The van der Waals surface area contributed by atoms with Crippen molar-refractivity contribution in [1.82, 2.24) is 4.98 Å². The summed E-state index contributed by atoms with van der Waals surface area (Å²) in [6.45, 7) is 2.00. The Kier molecular flexibility index (Phi) is 4.08. The molecule has 1 aromatic heterocycles. The molecule has 0 fully saturated rings. The molecule has 0 aliphatic rings. The molecule has 2 aromatic rings. The first-order valence-corrected chi connectivity index (χ1v) is 4.22. The van der Waals surface area contributed by atoms with Crippen molar-refractivity contribution in [1.29, 1.82) is 0 Å². The average Bonchev–Trinajstić information content (AvgIpc) is 2.34. The van der Waals surface area contributed by atoms with Crippen molar-refractivity contribution < 1.29 is 4.79 Å². The van der Waals surface area contributed by atoms with Crippen molar-refractivity contribution in [3.05, 3.63) is 54.7 Å². The molecule has 0 spiro atoms. The molecule has 0 saturated heterocycles. The number of nitrogens with zero attached hydrogens (tertiary/aromatic N) is 1. The van der Waals surface area contributed by atoms with Crippen molar-refractivity contribution in [3.8, 4) is 11.3 Å². The van der Waals surface area contributed by atoms with Crippen LogP contribution in [0.2, 0.25) is 0 Å². The summed E-state index contributed by atoms with van der Waals surface area (Å²) < 4.78 is 0. The highest BCUT2D eigenvalue weighted by Crippen LogP contribution is 2.14. The van der Waals surface area contributed by atoms with E-state index in [2.05, 4.69) is 17.1 Å². The molecule has 0 bridgehead atoms. The van der Waals surface area contributed by atoms with Crippen LogP contribution in [0.4, 0.5) is 0 Å². The summed E-state index contributed by atoms with van der Waals surface area (Å²) in [5, 5.41) is 0. The molecule has 14 heavy (non-hydrogen) atoms. The summed E-state index contributed by atoms with van der Waals surface area (Å²) in [6.07, 6.45) is 1.81. The van der Waals surface area contributed by atoms with Gasteiger partial charge in [0.15, 0.2) is 0 Å². The first-order chi connectivity index (χ1) is 6.97. The number of benzene rings is 1. The minimum absolute atomic E-state index is 1.03. The number of aromatic nitrogens is 1. The van der Waals surface area contributed by atoms with Crippen LogP contribution in [0.1, 0.15) is 0 Å². The van der Waals surface area contributed by atoms with Gasteiger partial charge in [0, 0.05) is 11.8 Å². The number of pyridine rings is 1. The first-order valence-electron chi connectivity index (χ1n) is 4.22. The fraction of sp³-hybridized carbons (Fsp3) is 0. The van der Waals surface area contributed by atoms with E-state index < -0.39 is 0 Å². The van der Waals surface area contributed by atoms with Crippen molar-refractivity contribution in [2.24, 2.45) is 0 Å². The van der Waals surface area contributed by atoms with Gasteiger partial charge >= 0.3 is 0 Å². The average molecular weight is 185 g/mol. The third-order valence-electron chi connectivity index (χ3n) is 1.73. The Bertz CT molecular complexity index is 321. The van der Waals surface area contributed by atoms with Gasteiger partial charge in [0.25, 0.3) is 0 Å². The van der Waals surface area contributed by atoms with E-state index >= 15 is 0 Å². The van der Waals surface area contributed by atoms with Gasteiger partial charge in [0.2, 0.25) is 0 Å². The zero-order valence-electron chi connectivity index (χ0n) is 7.76. The maximum atomic E-state index is 8.00. The van der Waals surface area contributed by atoms with Crippen LogP contribution >= 0.6 is 0 Å². The summed E-state index contributed by atoms with van der Waals surface area (Å²) in [7, 11) is 0. The SMILES string of the molecule is C=O.c1ccc(-c2ccccn2)cc1. The van der Waals surface area contributed by atoms with Crippen molar-refractivity contribution in [3.63, 3.8) is 0 Å². The minimum atomic E-state index is 1.03. The minimum Gasteiger partial charge on any atom is -0.307 e. The maximum Gasteiger partial charge on any atom is 0.106 e. The molecule has 1 aromatic carbocycles. The quantitative estimate of drug-likeness (QED) is 0.683. The number of carbonyl (C=O) groups excluding carboxylic acids is 1. The number of rotatable bonds is 1. The van der Waals surface area contributed by atoms with Crippen LogP contribution in [0.3, 0.4) is 0 Å². The van der Waals surface area contributed by atoms with Gasteiger partial charge in [-0.25, -0.2) is 0 Å². The zero-order valence-corrected chi connectivity index (χ0v) is 7.76. The highest BCUT2D eigenvalue weighted by Gasteiger charge is 1.93. The van der Waals surface area contributed by atoms with Gasteiger partial charge in [-0.3, -0.25) is 4.98 Å². The largest absolute Gasteiger partial charge is 0.307 e. The number of carbonyl (C=O) groups is 1. The van der Waals surface area contributed by atoms with Crippen LogP contribution in [0, 0.1) is 0 Å². The molecular formula is C12H11NO.